The zero-order chi connectivity index (χ0) is 24.9. The van der Waals surface area contributed by atoms with Crippen LogP contribution in [0.2, 0.25) is 0 Å². The first-order valence-corrected chi connectivity index (χ1v) is 12.0. The highest BCUT2D eigenvalue weighted by molar-refractivity contribution is 5.75. The summed E-state index contributed by atoms with van der Waals surface area (Å²) in [5, 5.41) is 9.55. The SMILES string of the molecule is N#CC1CC(COc2cc(-c3ccc(F)cc3)cc(-c3ccc(F)cc3)c2)N(Cc2ccccc2)C1. The van der Waals surface area contributed by atoms with Gasteiger partial charge in [0.25, 0.3) is 0 Å². The molecular weight excluding hydrogens is 454 g/mol. The topological polar surface area (TPSA) is 36.3 Å². The third-order valence-electron chi connectivity index (χ3n) is 6.64. The van der Waals surface area contributed by atoms with Crippen molar-refractivity contribution in [3.63, 3.8) is 0 Å². The fourth-order valence-corrected chi connectivity index (χ4v) is 4.76. The predicted octanol–water partition coefficient (Wildman–Crippen LogP) is 7.09. The van der Waals surface area contributed by atoms with E-state index < -0.39 is 0 Å². The number of ether oxygens (including phenoxy) is 1. The van der Waals surface area contributed by atoms with Gasteiger partial charge in [0.05, 0.1) is 12.0 Å². The molecule has 4 aromatic carbocycles. The van der Waals surface area contributed by atoms with Crippen molar-refractivity contribution in [1.82, 2.24) is 4.90 Å². The van der Waals surface area contributed by atoms with E-state index in [4.69, 9.17) is 4.74 Å². The van der Waals surface area contributed by atoms with Crippen molar-refractivity contribution < 1.29 is 13.5 Å². The molecule has 5 rings (SSSR count). The van der Waals surface area contributed by atoms with Crippen molar-refractivity contribution in [2.45, 2.75) is 19.0 Å². The van der Waals surface area contributed by atoms with Crippen LogP contribution < -0.4 is 4.74 Å². The monoisotopic (exact) mass is 480 g/mol. The zero-order valence-corrected chi connectivity index (χ0v) is 19.8. The largest absolute Gasteiger partial charge is 0.492 e. The van der Waals surface area contributed by atoms with Crippen molar-refractivity contribution in [3.8, 4) is 34.1 Å². The fraction of sp³-hybridized carbons (Fsp3) is 0.194. The molecule has 1 heterocycles. The van der Waals surface area contributed by atoms with Crippen LogP contribution in [0.1, 0.15) is 12.0 Å². The summed E-state index contributed by atoms with van der Waals surface area (Å²) < 4.78 is 33.4. The molecule has 0 radical (unpaired) electrons. The minimum absolute atomic E-state index is 0.0253. The standard InChI is InChI=1S/C31H26F2N2O/c32-28-10-6-24(7-11-28)26-15-27(25-8-12-29(33)13-9-25)17-31(16-26)36-21-30-14-23(18-34)20-35(30)19-22-4-2-1-3-5-22/h1-13,15-17,23,30H,14,19-21H2. The molecule has 1 saturated heterocycles. The Morgan fingerprint density at radius 1 is 0.778 bits per heavy atom. The predicted molar refractivity (Wildman–Crippen MR) is 137 cm³/mol. The van der Waals surface area contributed by atoms with Gasteiger partial charge in [0.15, 0.2) is 0 Å². The number of hydrogen-bond donors (Lipinski definition) is 0. The van der Waals surface area contributed by atoms with Crippen LogP contribution in [-0.2, 0) is 6.54 Å². The van der Waals surface area contributed by atoms with Crippen LogP contribution in [-0.4, -0.2) is 24.1 Å². The van der Waals surface area contributed by atoms with Gasteiger partial charge in [-0.25, -0.2) is 8.78 Å². The van der Waals surface area contributed by atoms with E-state index >= 15 is 0 Å². The van der Waals surface area contributed by atoms with Crippen LogP contribution in [0.5, 0.6) is 5.75 Å². The Labute approximate surface area is 210 Å². The molecule has 0 aromatic heterocycles. The van der Waals surface area contributed by atoms with E-state index in [0.717, 1.165) is 41.8 Å². The van der Waals surface area contributed by atoms with Crippen molar-refractivity contribution in [3.05, 3.63) is 114 Å². The maximum Gasteiger partial charge on any atom is 0.123 e. The van der Waals surface area contributed by atoms with Crippen molar-refractivity contribution in [1.29, 1.82) is 5.26 Å². The number of rotatable bonds is 7. The quantitative estimate of drug-likeness (QED) is 0.283. The number of nitrogens with zero attached hydrogens (tertiary/aromatic N) is 2. The fourth-order valence-electron chi connectivity index (χ4n) is 4.76. The lowest BCUT2D eigenvalue weighted by Crippen LogP contribution is -2.33. The Kier molecular flexibility index (Phi) is 7.06. The van der Waals surface area contributed by atoms with Gasteiger partial charge in [-0.05, 0) is 76.7 Å². The lowest BCUT2D eigenvalue weighted by molar-refractivity contribution is 0.167. The molecule has 1 aliphatic heterocycles. The van der Waals surface area contributed by atoms with Crippen LogP contribution >= 0.6 is 0 Å². The Hall–Kier alpha value is -4.01. The van der Waals surface area contributed by atoms with Gasteiger partial charge in [0.2, 0.25) is 0 Å². The number of nitriles is 1. The molecule has 0 saturated carbocycles. The van der Waals surface area contributed by atoms with Gasteiger partial charge in [-0.1, -0.05) is 54.6 Å². The highest BCUT2D eigenvalue weighted by Gasteiger charge is 2.32. The van der Waals surface area contributed by atoms with Crippen molar-refractivity contribution >= 4 is 0 Å². The molecule has 1 aliphatic rings. The maximum absolute atomic E-state index is 13.5. The van der Waals surface area contributed by atoms with E-state index in [1.807, 2.05) is 36.4 Å². The summed E-state index contributed by atoms with van der Waals surface area (Å²) in [5.41, 5.74) is 4.70. The molecule has 0 N–H and O–H groups in total. The zero-order valence-electron chi connectivity index (χ0n) is 19.8. The Morgan fingerprint density at radius 2 is 1.36 bits per heavy atom. The highest BCUT2D eigenvalue weighted by atomic mass is 19.1. The summed E-state index contributed by atoms with van der Waals surface area (Å²) in [6.07, 6.45) is 0.756. The van der Waals surface area contributed by atoms with E-state index in [2.05, 4.69) is 23.1 Å². The lowest BCUT2D eigenvalue weighted by Gasteiger charge is -2.24. The maximum atomic E-state index is 13.5. The summed E-state index contributed by atoms with van der Waals surface area (Å²) >= 11 is 0. The number of halogens is 2. The Balaban J connectivity index is 1.41. The van der Waals surface area contributed by atoms with E-state index in [1.54, 1.807) is 24.3 Å². The second-order valence-corrected chi connectivity index (χ2v) is 9.20. The third kappa shape index (κ3) is 5.62. The molecule has 4 aromatic rings. The van der Waals surface area contributed by atoms with E-state index in [1.165, 1.54) is 29.8 Å². The molecule has 1 fully saturated rings. The first-order chi connectivity index (χ1) is 17.6. The van der Waals surface area contributed by atoms with Crippen LogP contribution in [0.15, 0.2) is 97.1 Å². The van der Waals surface area contributed by atoms with Gasteiger partial charge >= 0.3 is 0 Å². The molecule has 5 heteroatoms. The molecule has 2 atom stereocenters. The number of likely N-dealkylation sites (tertiary alicyclic amines) is 1. The van der Waals surface area contributed by atoms with E-state index in [0.29, 0.717) is 12.4 Å². The van der Waals surface area contributed by atoms with Crippen molar-refractivity contribution in [2.75, 3.05) is 13.2 Å². The number of hydrogen-bond acceptors (Lipinski definition) is 3. The molecule has 3 nitrogen and oxygen atoms in total. The van der Waals surface area contributed by atoms with Gasteiger partial charge in [-0.3, -0.25) is 4.90 Å². The third-order valence-corrected chi connectivity index (χ3v) is 6.64. The molecule has 0 aliphatic carbocycles. The molecule has 0 bridgehead atoms. The molecule has 0 amide bonds. The summed E-state index contributed by atoms with van der Waals surface area (Å²) in [7, 11) is 0. The minimum atomic E-state index is -0.295. The van der Waals surface area contributed by atoms with Gasteiger partial charge < -0.3 is 4.74 Å². The lowest BCUT2D eigenvalue weighted by atomic mass is 9.98. The Morgan fingerprint density at radius 3 is 1.92 bits per heavy atom. The minimum Gasteiger partial charge on any atom is -0.492 e. The first-order valence-electron chi connectivity index (χ1n) is 12.0. The molecule has 36 heavy (non-hydrogen) atoms. The number of benzene rings is 4. The van der Waals surface area contributed by atoms with Gasteiger partial charge in [-0.15, -0.1) is 0 Å². The van der Waals surface area contributed by atoms with Crippen molar-refractivity contribution in [2.24, 2.45) is 5.92 Å². The second-order valence-electron chi connectivity index (χ2n) is 9.20. The smallest absolute Gasteiger partial charge is 0.123 e. The van der Waals surface area contributed by atoms with Gasteiger partial charge in [-0.2, -0.15) is 5.26 Å². The average Bonchev–Trinajstić information content (AvgIpc) is 3.30. The first kappa shape index (κ1) is 23.7. The summed E-state index contributed by atoms with van der Waals surface area (Å²) in [4.78, 5) is 2.31. The van der Waals surface area contributed by atoms with E-state index in [9.17, 15) is 14.0 Å². The summed E-state index contributed by atoms with van der Waals surface area (Å²) in [5.74, 6) is 0.0623. The van der Waals surface area contributed by atoms with Crippen LogP contribution in [0.25, 0.3) is 22.3 Å². The molecule has 2 unspecified atom stereocenters. The summed E-state index contributed by atoms with van der Waals surface area (Å²) in [6, 6.07) is 31.3. The van der Waals surface area contributed by atoms with E-state index in [-0.39, 0.29) is 23.6 Å². The Bertz CT molecular complexity index is 1280. The molecule has 0 spiro atoms. The molecular formula is C31H26F2N2O. The van der Waals surface area contributed by atoms with Crippen LogP contribution in [0.3, 0.4) is 0 Å². The second kappa shape index (κ2) is 10.7. The molecule has 180 valence electrons. The normalized spacial score (nSPS) is 17.6. The van der Waals surface area contributed by atoms with Crippen LogP contribution in [0.4, 0.5) is 8.78 Å². The highest BCUT2D eigenvalue weighted by Crippen LogP contribution is 2.33. The average molecular weight is 481 g/mol. The summed E-state index contributed by atoms with van der Waals surface area (Å²) in [6.45, 7) is 1.93. The van der Waals surface area contributed by atoms with Gasteiger partial charge in [0.1, 0.15) is 24.0 Å². The van der Waals surface area contributed by atoms with Gasteiger partial charge in [0, 0.05) is 19.1 Å². The van der Waals surface area contributed by atoms with Crippen LogP contribution in [0, 0.1) is 28.9 Å².